The fourth-order valence-corrected chi connectivity index (χ4v) is 3.60. The number of rotatable bonds is 6. The second-order valence-electron chi connectivity index (χ2n) is 5.27. The molecule has 0 aliphatic carbocycles. The molecule has 0 saturated carbocycles. The summed E-state index contributed by atoms with van der Waals surface area (Å²) in [6, 6.07) is 18.3. The van der Waals surface area contributed by atoms with Crippen LogP contribution in [0.15, 0.2) is 64.0 Å². The van der Waals surface area contributed by atoms with Crippen LogP contribution in [0.25, 0.3) is 0 Å². The summed E-state index contributed by atoms with van der Waals surface area (Å²) in [5.74, 6) is 0.390. The summed E-state index contributed by atoms with van der Waals surface area (Å²) in [4.78, 5) is 13.3. The summed E-state index contributed by atoms with van der Waals surface area (Å²) in [6.07, 6.45) is 0. The topological polar surface area (TPSA) is 29.1 Å². The van der Waals surface area contributed by atoms with E-state index in [0.717, 1.165) is 9.37 Å². The summed E-state index contributed by atoms with van der Waals surface area (Å²) >= 11 is 5.02. The molecule has 0 radical (unpaired) electrons. The van der Waals surface area contributed by atoms with Crippen LogP contribution in [0.2, 0.25) is 0 Å². The number of thioether (sulfide) groups is 1. The van der Waals surface area contributed by atoms with E-state index < -0.39 is 0 Å². The van der Waals surface area contributed by atoms with Crippen molar-refractivity contribution in [3.63, 3.8) is 0 Å². The van der Waals surface area contributed by atoms with Crippen LogP contribution >= 0.6 is 27.7 Å². The Bertz CT molecular complexity index is 617. The lowest BCUT2D eigenvalue weighted by molar-refractivity contribution is -0.120. The van der Waals surface area contributed by atoms with E-state index in [2.05, 4.69) is 40.3 Å². The molecule has 2 aromatic rings. The van der Waals surface area contributed by atoms with Crippen molar-refractivity contribution < 1.29 is 4.79 Å². The zero-order valence-corrected chi connectivity index (χ0v) is 15.2. The van der Waals surface area contributed by atoms with Gasteiger partial charge in [0.25, 0.3) is 0 Å². The number of nitrogens with one attached hydrogen (secondary N) is 1. The van der Waals surface area contributed by atoms with E-state index in [1.54, 1.807) is 11.8 Å². The molecule has 2 atom stereocenters. The third-order valence-electron chi connectivity index (χ3n) is 3.43. The van der Waals surface area contributed by atoms with Gasteiger partial charge in [0.1, 0.15) is 0 Å². The molecule has 0 spiro atoms. The minimum atomic E-state index is -0.114. The first-order valence-corrected chi connectivity index (χ1v) is 8.98. The molecule has 0 aromatic heterocycles. The molecule has 0 bridgehead atoms. The Morgan fingerprint density at radius 1 is 1.14 bits per heavy atom. The first-order chi connectivity index (χ1) is 10.6. The smallest absolute Gasteiger partial charge is 0.233 e. The largest absolute Gasteiger partial charge is 0.355 e. The summed E-state index contributed by atoms with van der Waals surface area (Å²) in [5.41, 5.74) is 1.25. The molecular weight excluding hydrogens is 358 g/mol. The Morgan fingerprint density at radius 3 is 2.55 bits per heavy atom. The van der Waals surface area contributed by atoms with Gasteiger partial charge in [-0.15, -0.1) is 11.8 Å². The predicted octanol–water partition coefficient (Wildman–Crippen LogP) is 4.85. The molecule has 2 nitrogen and oxygen atoms in total. The average Bonchev–Trinajstić information content (AvgIpc) is 2.53. The molecule has 2 unspecified atom stereocenters. The van der Waals surface area contributed by atoms with Crippen LogP contribution in [-0.2, 0) is 4.79 Å². The zero-order valence-electron chi connectivity index (χ0n) is 12.8. The minimum absolute atomic E-state index is 0.0766. The first kappa shape index (κ1) is 17.1. The fourth-order valence-electron chi connectivity index (χ4n) is 2.09. The Hall–Kier alpha value is -1.26. The molecular formula is C18H20BrNOS. The molecule has 2 aromatic carbocycles. The van der Waals surface area contributed by atoms with E-state index in [-0.39, 0.29) is 11.2 Å². The molecule has 1 amide bonds. The monoisotopic (exact) mass is 377 g/mol. The number of carbonyl (C=O) groups excluding carboxylic acids is 1. The minimum Gasteiger partial charge on any atom is -0.355 e. The summed E-state index contributed by atoms with van der Waals surface area (Å²) in [5, 5.41) is 2.93. The van der Waals surface area contributed by atoms with Crippen molar-refractivity contribution in [1.82, 2.24) is 5.32 Å². The van der Waals surface area contributed by atoms with Gasteiger partial charge in [-0.3, -0.25) is 4.79 Å². The number of amides is 1. The molecule has 2 rings (SSSR count). The number of hydrogen-bond donors (Lipinski definition) is 1. The normalized spacial score (nSPS) is 13.4. The highest BCUT2D eigenvalue weighted by Crippen LogP contribution is 2.26. The molecule has 0 heterocycles. The highest BCUT2D eigenvalue weighted by molar-refractivity contribution is 9.10. The Kier molecular flexibility index (Phi) is 6.52. The van der Waals surface area contributed by atoms with Crippen molar-refractivity contribution in [2.24, 2.45) is 0 Å². The van der Waals surface area contributed by atoms with Crippen molar-refractivity contribution in [3.8, 4) is 0 Å². The fraction of sp³-hybridized carbons (Fsp3) is 0.278. The van der Waals surface area contributed by atoms with E-state index in [0.29, 0.717) is 12.5 Å². The lowest BCUT2D eigenvalue weighted by Crippen LogP contribution is -2.33. The third-order valence-corrected chi connectivity index (χ3v) is 5.02. The van der Waals surface area contributed by atoms with Crippen LogP contribution in [0.5, 0.6) is 0 Å². The van der Waals surface area contributed by atoms with Crippen LogP contribution < -0.4 is 5.32 Å². The summed E-state index contributed by atoms with van der Waals surface area (Å²) in [7, 11) is 0. The number of carbonyl (C=O) groups is 1. The molecule has 116 valence electrons. The summed E-state index contributed by atoms with van der Waals surface area (Å²) < 4.78 is 1.03. The van der Waals surface area contributed by atoms with Crippen molar-refractivity contribution in [3.05, 3.63) is 64.6 Å². The SMILES string of the molecule is CC(Sc1cccc(Br)c1)C(=O)NCC(C)c1ccccc1. The van der Waals surface area contributed by atoms with E-state index in [1.807, 2.05) is 49.4 Å². The maximum absolute atomic E-state index is 12.2. The van der Waals surface area contributed by atoms with E-state index in [1.165, 1.54) is 5.56 Å². The lowest BCUT2D eigenvalue weighted by Gasteiger charge is -2.16. The highest BCUT2D eigenvalue weighted by Gasteiger charge is 2.15. The third kappa shape index (κ3) is 5.18. The zero-order chi connectivity index (χ0) is 15.9. The van der Waals surface area contributed by atoms with Gasteiger partial charge in [0.15, 0.2) is 0 Å². The molecule has 4 heteroatoms. The van der Waals surface area contributed by atoms with Crippen LogP contribution in [0.1, 0.15) is 25.3 Å². The van der Waals surface area contributed by atoms with Crippen LogP contribution in [0.4, 0.5) is 0 Å². The van der Waals surface area contributed by atoms with Crippen LogP contribution in [-0.4, -0.2) is 17.7 Å². The number of hydrogen-bond acceptors (Lipinski definition) is 2. The molecule has 0 aliphatic heterocycles. The van der Waals surface area contributed by atoms with Crippen molar-refractivity contribution in [2.75, 3.05) is 6.54 Å². The van der Waals surface area contributed by atoms with Crippen molar-refractivity contribution >= 4 is 33.6 Å². The Morgan fingerprint density at radius 2 is 1.86 bits per heavy atom. The second-order valence-corrected chi connectivity index (χ2v) is 7.60. The maximum Gasteiger partial charge on any atom is 0.233 e. The van der Waals surface area contributed by atoms with E-state index >= 15 is 0 Å². The number of halogens is 1. The van der Waals surface area contributed by atoms with Crippen molar-refractivity contribution in [1.29, 1.82) is 0 Å². The van der Waals surface area contributed by atoms with Gasteiger partial charge in [-0.2, -0.15) is 0 Å². The van der Waals surface area contributed by atoms with Crippen LogP contribution in [0, 0.1) is 0 Å². The lowest BCUT2D eigenvalue weighted by atomic mass is 10.0. The van der Waals surface area contributed by atoms with E-state index in [4.69, 9.17) is 0 Å². The van der Waals surface area contributed by atoms with Gasteiger partial charge in [-0.05, 0) is 36.6 Å². The Balaban J connectivity index is 1.84. The van der Waals surface area contributed by atoms with E-state index in [9.17, 15) is 4.79 Å². The first-order valence-electron chi connectivity index (χ1n) is 7.31. The predicted molar refractivity (Wildman–Crippen MR) is 97.3 cm³/mol. The van der Waals surface area contributed by atoms with Crippen LogP contribution in [0.3, 0.4) is 0 Å². The average molecular weight is 378 g/mol. The highest BCUT2D eigenvalue weighted by atomic mass is 79.9. The van der Waals surface area contributed by atoms with Gasteiger partial charge in [0, 0.05) is 15.9 Å². The standard InChI is InChI=1S/C18H20BrNOS/c1-13(15-7-4-3-5-8-15)12-20-18(21)14(2)22-17-10-6-9-16(19)11-17/h3-11,13-14H,12H2,1-2H3,(H,20,21). The quantitative estimate of drug-likeness (QED) is 0.728. The van der Waals surface area contributed by atoms with Gasteiger partial charge in [-0.1, -0.05) is 59.3 Å². The van der Waals surface area contributed by atoms with Gasteiger partial charge in [0.05, 0.1) is 5.25 Å². The molecule has 22 heavy (non-hydrogen) atoms. The Labute approximate surface area is 144 Å². The molecule has 0 aliphatic rings. The van der Waals surface area contributed by atoms with Crippen molar-refractivity contribution in [2.45, 2.75) is 29.9 Å². The van der Waals surface area contributed by atoms with Gasteiger partial charge in [-0.25, -0.2) is 0 Å². The van der Waals surface area contributed by atoms with Gasteiger partial charge < -0.3 is 5.32 Å². The number of benzene rings is 2. The summed E-state index contributed by atoms with van der Waals surface area (Å²) in [6.45, 7) is 4.72. The maximum atomic E-state index is 12.2. The molecule has 1 N–H and O–H groups in total. The molecule has 0 fully saturated rings. The van der Waals surface area contributed by atoms with Gasteiger partial charge in [0.2, 0.25) is 5.91 Å². The molecule has 0 saturated heterocycles. The van der Waals surface area contributed by atoms with Gasteiger partial charge >= 0.3 is 0 Å². The second kappa shape index (κ2) is 8.39.